The van der Waals surface area contributed by atoms with Gasteiger partial charge in [-0.1, -0.05) is 24.3 Å². The molecule has 8 N–H and O–H groups in total. The smallest absolute Gasteiger partial charge is 0.144 e. The summed E-state index contributed by atoms with van der Waals surface area (Å²) in [4.78, 5) is 26.2. The van der Waals surface area contributed by atoms with E-state index in [0.717, 1.165) is 103 Å². The predicted molar refractivity (Wildman–Crippen MR) is 248 cm³/mol. The molecule has 8 aromatic rings. The van der Waals surface area contributed by atoms with Gasteiger partial charge in [-0.3, -0.25) is 0 Å². The number of fused-ring (bicyclic) bond motifs is 4. The summed E-state index contributed by atoms with van der Waals surface area (Å²) in [5.74, 6) is 1.10. The van der Waals surface area contributed by atoms with Crippen LogP contribution < -0.4 is 11.5 Å². The number of aliphatic hydroxyl groups is 4. The average Bonchev–Trinajstić information content (AvgIpc) is 4.02. The zero-order chi connectivity index (χ0) is 43.4. The Hall–Kier alpha value is -5.36. The molecule has 0 spiro atoms. The Labute approximate surface area is 366 Å². The molecule has 2 aliphatic heterocycles. The highest BCUT2D eigenvalue weighted by molar-refractivity contribution is 8.00. The van der Waals surface area contributed by atoms with Crippen LogP contribution in [0.25, 0.3) is 43.9 Å². The number of nitrogens with zero attached hydrogens (tertiary/aromatic N) is 8. The van der Waals surface area contributed by atoms with Crippen molar-refractivity contribution in [1.82, 2.24) is 39.0 Å². The van der Waals surface area contributed by atoms with E-state index in [1.807, 2.05) is 73.5 Å². The van der Waals surface area contributed by atoms with Crippen molar-refractivity contribution in [2.75, 3.05) is 11.5 Å². The molecule has 0 unspecified atom stereocenters. The monoisotopic (exact) mass is 870 g/mol. The molecule has 6 aromatic heterocycles. The second kappa shape index (κ2) is 17.1. The molecule has 16 heteroatoms. The number of hydrogen-bond acceptors (Lipinski definition) is 14. The molecule has 0 amide bonds. The van der Waals surface area contributed by atoms with E-state index in [1.165, 1.54) is 12.7 Å². The van der Waals surface area contributed by atoms with Gasteiger partial charge in [0.05, 0.1) is 34.6 Å². The molecular weight excluding hydrogens is 821 g/mol. The second-order valence-corrected chi connectivity index (χ2v) is 19.2. The van der Waals surface area contributed by atoms with Crippen molar-refractivity contribution < 1.29 is 20.4 Å². The Morgan fingerprint density at radius 2 is 0.968 bits per heavy atom. The van der Waals surface area contributed by atoms with Gasteiger partial charge >= 0.3 is 0 Å². The van der Waals surface area contributed by atoms with Crippen LogP contribution in [0.1, 0.15) is 57.2 Å². The number of aliphatic hydroxyl groups excluding tert-OH is 4. The molecule has 0 saturated carbocycles. The number of rotatable bonds is 8. The fraction of sp³-hybridized carbons (Fsp3) is 0.348. The van der Waals surface area contributed by atoms with Crippen LogP contribution in [0.3, 0.4) is 0 Å². The van der Waals surface area contributed by atoms with E-state index >= 15 is 0 Å². The number of aromatic nitrogens is 8. The maximum Gasteiger partial charge on any atom is 0.144 e. The number of benzene rings is 2. The number of hydrogen-bond donors (Lipinski definition) is 6. The molecule has 0 radical (unpaired) electrons. The minimum atomic E-state index is -0.859. The standard InChI is InChI=1S/2C23H25N5O2S/c2*1-12-9-15-5-3-14(10-17(15)27-21(12)24)4-6-18-19(29)20(30)23(31-18)28-8-7-16-13(2)25-11-26-22(16)28/h2*3,5,7-11,18-20,23,29-30H,4,6H2,1-2H3,(H2,24,27)/t18-,19+,20+,23+;18-,19-,20-,23-/m01/s1. The van der Waals surface area contributed by atoms with E-state index in [1.54, 1.807) is 23.5 Å². The fourth-order valence-electron chi connectivity index (χ4n) is 8.60. The zero-order valence-electron chi connectivity index (χ0n) is 34.9. The van der Waals surface area contributed by atoms with Gasteiger partial charge in [-0.25, -0.2) is 29.9 Å². The molecule has 2 aliphatic rings. The minimum Gasteiger partial charge on any atom is -0.389 e. The van der Waals surface area contributed by atoms with Crippen LogP contribution in [0.5, 0.6) is 0 Å². The lowest BCUT2D eigenvalue weighted by molar-refractivity contribution is 0.0176. The molecule has 320 valence electrons. The summed E-state index contributed by atoms with van der Waals surface area (Å²) in [7, 11) is 0. The van der Waals surface area contributed by atoms with Gasteiger partial charge < -0.3 is 41.0 Å². The van der Waals surface area contributed by atoms with Crippen molar-refractivity contribution in [2.45, 2.75) is 99.0 Å². The van der Waals surface area contributed by atoms with Gasteiger partial charge in [0.15, 0.2) is 0 Å². The van der Waals surface area contributed by atoms with Crippen LogP contribution in [0.15, 0.2) is 85.7 Å². The number of anilines is 2. The maximum absolute atomic E-state index is 10.8. The molecule has 0 aliphatic carbocycles. The molecule has 62 heavy (non-hydrogen) atoms. The van der Waals surface area contributed by atoms with Crippen LogP contribution in [0, 0.1) is 27.7 Å². The van der Waals surface area contributed by atoms with E-state index in [9.17, 15) is 20.4 Å². The number of nitrogen functional groups attached to an aromatic ring is 2. The van der Waals surface area contributed by atoms with Crippen molar-refractivity contribution in [2.24, 2.45) is 0 Å². The predicted octanol–water partition coefficient (Wildman–Crippen LogP) is 6.29. The molecule has 0 bridgehead atoms. The summed E-state index contributed by atoms with van der Waals surface area (Å²) >= 11 is 3.20. The fourth-order valence-corrected chi connectivity index (χ4v) is 11.7. The van der Waals surface area contributed by atoms with Gasteiger partial charge in [-0.05, 0) is 112 Å². The Kier molecular flexibility index (Phi) is 11.6. The van der Waals surface area contributed by atoms with E-state index in [0.29, 0.717) is 11.6 Å². The van der Waals surface area contributed by atoms with Crippen LogP contribution in [0.4, 0.5) is 11.6 Å². The number of aryl methyl sites for hydroxylation is 6. The molecule has 2 saturated heterocycles. The number of pyridine rings is 2. The molecular formula is C46H50N10O4S2. The summed E-state index contributed by atoms with van der Waals surface area (Å²) < 4.78 is 3.90. The maximum atomic E-state index is 10.8. The highest BCUT2D eigenvalue weighted by atomic mass is 32.2. The van der Waals surface area contributed by atoms with Gasteiger partial charge in [0, 0.05) is 44.4 Å². The molecule has 10 rings (SSSR count). The third kappa shape index (κ3) is 7.95. The van der Waals surface area contributed by atoms with Crippen molar-refractivity contribution in [3.63, 3.8) is 0 Å². The zero-order valence-corrected chi connectivity index (χ0v) is 36.5. The summed E-state index contributed by atoms with van der Waals surface area (Å²) in [6, 6.07) is 20.5. The Morgan fingerprint density at radius 3 is 1.39 bits per heavy atom. The molecule has 8 heterocycles. The lowest BCUT2D eigenvalue weighted by Crippen LogP contribution is -2.31. The third-order valence-corrected chi connectivity index (χ3v) is 15.6. The van der Waals surface area contributed by atoms with Gasteiger partial charge in [0.25, 0.3) is 0 Å². The van der Waals surface area contributed by atoms with Crippen molar-refractivity contribution in [3.8, 4) is 0 Å². The van der Waals surface area contributed by atoms with E-state index in [-0.39, 0.29) is 21.2 Å². The van der Waals surface area contributed by atoms with Gasteiger partial charge in [0.2, 0.25) is 0 Å². The summed E-state index contributed by atoms with van der Waals surface area (Å²) in [5, 5.41) is 46.3. The lowest BCUT2D eigenvalue weighted by atomic mass is 10.0. The van der Waals surface area contributed by atoms with Crippen molar-refractivity contribution >= 4 is 79.0 Å². The van der Waals surface area contributed by atoms with Crippen LogP contribution in [-0.4, -0.2) is 94.4 Å². The SMILES string of the molecule is Cc1cc2ccc(CC[C@@H]3S[C@@H](n4ccc5c(C)ncnc54)[C@H](O)[C@@H]3O)cc2nc1N.Cc1cc2ccc(CC[C@H]3S[C@@H](n4ccc5c(C)ncnc54)[C@H](O)[C@@H]3O)cc2nc1N. The number of thioether (sulfide) groups is 2. The summed E-state index contributed by atoms with van der Waals surface area (Å²) in [6.45, 7) is 7.80. The molecule has 8 atom stereocenters. The topological polar surface area (TPSA) is 220 Å². The molecule has 14 nitrogen and oxygen atoms in total. The molecule has 2 aromatic carbocycles. The average molecular weight is 871 g/mol. The van der Waals surface area contributed by atoms with Crippen molar-refractivity contribution in [1.29, 1.82) is 0 Å². The normalized spacial score (nSPS) is 23.7. The van der Waals surface area contributed by atoms with Crippen LogP contribution in [0.2, 0.25) is 0 Å². The first kappa shape index (κ1) is 42.0. The van der Waals surface area contributed by atoms with Crippen molar-refractivity contribution in [3.05, 3.63) is 119 Å². The highest BCUT2D eigenvalue weighted by Gasteiger charge is 2.44. The summed E-state index contributed by atoms with van der Waals surface area (Å²) in [5.41, 5.74) is 21.3. The van der Waals surface area contributed by atoms with Crippen LogP contribution in [-0.2, 0) is 12.8 Å². The lowest BCUT2D eigenvalue weighted by Gasteiger charge is -2.17. The van der Waals surface area contributed by atoms with E-state index in [2.05, 4.69) is 66.3 Å². The minimum absolute atomic E-state index is 0.0767. The second-order valence-electron chi connectivity index (χ2n) is 16.4. The first-order chi connectivity index (χ1) is 29.8. The third-order valence-electron chi connectivity index (χ3n) is 12.3. The van der Waals surface area contributed by atoms with Gasteiger partial charge in [-0.2, -0.15) is 0 Å². The first-order valence-electron chi connectivity index (χ1n) is 20.8. The van der Waals surface area contributed by atoms with E-state index in [4.69, 9.17) is 11.5 Å². The van der Waals surface area contributed by atoms with Gasteiger partial charge in [0.1, 0.15) is 58.5 Å². The largest absolute Gasteiger partial charge is 0.389 e. The van der Waals surface area contributed by atoms with Crippen LogP contribution >= 0.6 is 23.5 Å². The number of nitrogens with two attached hydrogens (primary N) is 2. The Morgan fingerprint density at radius 1 is 0.548 bits per heavy atom. The van der Waals surface area contributed by atoms with Gasteiger partial charge in [-0.15, -0.1) is 23.5 Å². The quantitative estimate of drug-likeness (QED) is 0.0989. The molecule has 2 fully saturated rings. The van der Waals surface area contributed by atoms with E-state index < -0.39 is 24.4 Å². The Bertz CT molecular complexity index is 2740. The first-order valence-corrected chi connectivity index (χ1v) is 22.6. The Balaban J connectivity index is 0.000000158. The summed E-state index contributed by atoms with van der Waals surface area (Å²) in [6.07, 6.45) is 6.67. The highest BCUT2D eigenvalue weighted by Crippen LogP contribution is 2.46.